The van der Waals surface area contributed by atoms with Gasteiger partial charge >= 0.3 is 0 Å². The summed E-state index contributed by atoms with van der Waals surface area (Å²) in [7, 11) is 1.73. The molecule has 0 saturated carbocycles. The monoisotopic (exact) mass is 446 g/mol. The molecule has 0 spiro atoms. The lowest BCUT2D eigenvalue weighted by Gasteiger charge is -2.28. The molecule has 1 aromatic carbocycles. The molecule has 1 fully saturated rings. The number of para-hydroxylation sites is 1. The standard InChI is InChI=1S/C18H30N4O.HI/c1-3-4-11-20-18(19)21-14-16(22-12-7-8-13-22)15-9-5-6-10-17(15)23-2;/h5-6,9-10,16H,3-4,7-8,11-14H2,1-2H3,(H3,19,20,21);1H. The van der Waals surface area contributed by atoms with Gasteiger partial charge in [-0.25, -0.2) is 0 Å². The van der Waals surface area contributed by atoms with E-state index in [1.807, 2.05) is 12.1 Å². The third-order valence-electron chi connectivity index (χ3n) is 4.35. The highest BCUT2D eigenvalue weighted by molar-refractivity contribution is 14.0. The average Bonchev–Trinajstić information content (AvgIpc) is 3.10. The van der Waals surface area contributed by atoms with Gasteiger partial charge in [0.15, 0.2) is 5.96 Å². The number of halogens is 1. The van der Waals surface area contributed by atoms with Crippen molar-refractivity contribution in [2.45, 2.75) is 38.6 Å². The highest BCUT2D eigenvalue weighted by Gasteiger charge is 2.25. The summed E-state index contributed by atoms with van der Waals surface area (Å²) in [5.74, 6) is 1.47. The maximum absolute atomic E-state index is 6.00. The van der Waals surface area contributed by atoms with Crippen LogP contribution < -0.4 is 15.8 Å². The summed E-state index contributed by atoms with van der Waals surface area (Å²) in [4.78, 5) is 7.07. The fourth-order valence-electron chi connectivity index (χ4n) is 3.04. The Kier molecular flexibility index (Phi) is 10.1. The lowest BCUT2D eigenvalue weighted by atomic mass is 10.0. The Labute approximate surface area is 163 Å². The number of methoxy groups -OCH3 is 1. The first-order chi connectivity index (χ1) is 11.3. The molecular weight excluding hydrogens is 415 g/mol. The van der Waals surface area contributed by atoms with Crippen LogP contribution in [-0.2, 0) is 0 Å². The molecule has 1 aliphatic rings. The number of nitrogens with zero attached hydrogens (tertiary/aromatic N) is 2. The van der Waals surface area contributed by atoms with Crippen LogP contribution >= 0.6 is 24.0 Å². The third-order valence-corrected chi connectivity index (χ3v) is 4.35. The number of guanidine groups is 1. The van der Waals surface area contributed by atoms with Crippen LogP contribution in [0.2, 0.25) is 0 Å². The van der Waals surface area contributed by atoms with Crippen LogP contribution in [0.25, 0.3) is 0 Å². The average molecular weight is 446 g/mol. The molecule has 2 rings (SSSR count). The minimum absolute atomic E-state index is 0. The number of unbranched alkanes of at least 4 members (excludes halogenated alkanes) is 1. The number of benzene rings is 1. The van der Waals surface area contributed by atoms with Gasteiger partial charge in [-0.3, -0.25) is 9.89 Å². The maximum Gasteiger partial charge on any atom is 0.188 e. The van der Waals surface area contributed by atoms with E-state index in [9.17, 15) is 0 Å². The summed E-state index contributed by atoms with van der Waals surface area (Å²) in [6, 6.07) is 8.45. The van der Waals surface area contributed by atoms with E-state index in [2.05, 4.69) is 34.3 Å². The van der Waals surface area contributed by atoms with Crippen molar-refractivity contribution in [2.75, 3.05) is 33.3 Å². The summed E-state index contributed by atoms with van der Waals surface area (Å²) in [6.07, 6.45) is 4.76. The highest BCUT2D eigenvalue weighted by Crippen LogP contribution is 2.31. The van der Waals surface area contributed by atoms with Gasteiger partial charge in [0.05, 0.1) is 19.7 Å². The molecule has 0 radical (unpaired) electrons. The number of likely N-dealkylation sites (tertiary alicyclic amines) is 1. The maximum atomic E-state index is 6.00. The molecule has 6 heteroatoms. The summed E-state index contributed by atoms with van der Waals surface area (Å²) in [5, 5.41) is 3.19. The van der Waals surface area contributed by atoms with Gasteiger partial charge in [-0.1, -0.05) is 31.5 Å². The Hall–Kier alpha value is -1.02. The van der Waals surface area contributed by atoms with Crippen LogP contribution in [0.4, 0.5) is 0 Å². The molecule has 1 unspecified atom stereocenters. The van der Waals surface area contributed by atoms with Crippen molar-refractivity contribution < 1.29 is 4.74 Å². The van der Waals surface area contributed by atoms with Crippen LogP contribution in [0.3, 0.4) is 0 Å². The summed E-state index contributed by atoms with van der Waals surface area (Å²) < 4.78 is 5.55. The number of nitrogens with one attached hydrogen (secondary N) is 1. The molecule has 1 atom stereocenters. The molecule has 5 nitrogen and oxygen atoms in total. The zero-order valence-corrected chi connectivity index (χ0v) is 17.2. The van der Waals surface area contributed by atoms with E-state index in [0.717, 1.165) is 38.2 Å². The number of rotatable bonds is 8. The van der Waals surface area contributed by atoms with Crippen molar-refractivity contribution >= 4 is 29.9 Å². The number of ether oxygens (including phenoxy) is 1. The third kappa shape index (κ3) is 6.12. The Balaban J connectivity index is 0.00000288. The molecule has 3 N–H and O–H groups in total. The van der Waals surface area contributed by atoms with Crippen molar-refractivity contribution in [2.24, 2.45) is 10.7 Å². The second kappa shape index (κ2) is 11.5. The van der Waals surface area contributed by atoms with Gasteiger partial charge in [-0.05, 0) is 38.4 Å². The van der Waals surface area contributed by atoms with Gasteiger partial charge in [-0.15, -0.1) is 24.0 Å². The molecule has 24 heavy (non-hydrogen) atoms. The summed E-state index contributed by atoms with van der Waals surface area (Å²) in [6.45, 7) is 5.93. The first kappa shape index (κ1) is 21.0. The number of hydrogen-bond donors (Lipinski definition) is 2. The summed E-state index contributed by atoms with van der Waals surface area (Å²) >= 11 is 0. The highest BCUT2D eigenvalue weighted by atomic mass is 127. The van der Waals surface area contributed by atoms with Crippen LogP contribution in [0.1, 0.15) is 44.2 Å². The first-order valence-electron chi connectivity index (χ1n) is 8.67. The quantitative estimate of drug-likeness (QED) is 0.279. The van der Waals surface area contributed by atoms with E-state index in [1.54, 1.807) is 7.11 Å². The first-order valence-corrected chi connectivity index (χ1v) is 8.67. The molecule has 0 aliphatic carbocycles. The minimum Gasteiger partial charge on any atom is -0.496 e. The Morgan fingerprint density at radius 2 is 2.04 bits per heavy atom. The molecule has 1 saturated heterocycles. The molecule has 0 amide bonds. The Morgan fingerprint density at radius 1 is 1.33 bits per heavy atom. The SMILES string of the molecule is CCCCNC(N)=NCC(c1ccccc1OC)N1CCCC1.I. The lowest BCUT2D eigenvalue weighted by Crippen LogP contribution is -2.34. The molecule has 1 aromatic rings. The van der Waals surface area contributed by atoms with Crippen LogP contribution in [0.5, 0.6) is 5.75 Å². The normalized spacial score (nSPS) is 16.5. The molecule has 1 aliphatic heterocycles. The van der Waals surface area contributed by atoms with Gasteiger partial charge in [0, 0.05) is 12.1 Å². The molecule has 1 heterocycles. The largest absolute Gasteiger partial charge is 0.496 e. The molecule has 136 valence electrons. The van der Waals surface area contributed by atoms with E-state index in [1.165, 1.54) is 18.4 Å². The van der Waals surface area contributed by atoms with Crippen LogP contribution in [0.15, 0.2) is 29.3 Å². The summed E-state index contributed by atoms with van der Waals surface area (Å²) in [5.41, 5.74) is 7.20. The fraction of sp³-hybridized carbons (Fsp3) is 0.611. The van der Waals surface area contributed by atoms with Crippen molar-refractivity contribution in [3.63, 3.8) is 0 Å². The fourth-order valence-corrected chi connectivity index (χ4v) is 3.04. The zero-order valence-electron chi connectivity index (χ0n) is 14.8. The molecular formula is C18H31IN4O. The molecule has 0 aromatic heterocycles. The number of hydrogen-bond acceptors (Lipinski definition) is 3. The van der Waals surface area contributed by atoms with Gasteiger partial charge in [0.1, 0.15) is 5.75 Å². The van der Waals surface area contributed by atoms with Gasteiger partial charge < -0.3 is 15.8 Å². The smallest absolute Gasteiger partial charge is 0.188 e. The predicted octanol–water partition coefficient (Wildman–Crippen LogP) is 3.15. The predicted molar refractivity (Wildman–Crippen MR) is 111 cm³/mol. The van der Waals surface area contributed by atoms with Crippen molar-refractivity contribution in [1.82, 2.24) is 10.2 Å². The number of aliphatic imine (C=N–C) groups is 1. The van der Waals surface area contributed by atoms with Crippen LogP contribution in [-0.4, -0.2) is 44.1 Å². The van der Waals surface area contributed by atoms with E-state index in [-0.39, 0.29) is 30.0 Å². The topological polar surface area (TPSA) is 62.9 Å². The second-order valence-electron chi connectivity index (χ2n) is 6.01. The lowest BCUT2D eigenvalue weighted by molar-refractivity contribution is 0.245. The van der Waals surface area contributed by atoms with Gasteiger partial charge in [0.2, 0.25) is 0 Å². The van der Waals surface area contributed by atoms with E-state index in [4.69, 9.17) is 10.5 Å². The second-order valence-corrected chi connectivity index (χ2v) is 6.01. The van der Waals surface area contributed by atoms with Crippen molar-refractivity contribution in [3.8, 4) is 5.75 Å². The van der Waals surface area contributed by atoms with E-state index >= 15 is 0 Å². The Morgan fingerprint density at radius 3 is 2.71 bits per heavy atom. The van der Waals surface area contributed by atoms with Crippen molar-refractivity contribution in [1.29, 1.82) is 0 Å². The Bertz CT molecular complexity index is 504. The number of nitrogens with two attached hydrogens (primary N) is 1. The van der Waals surface area contributed by atoms with Gasteiger partial charge in [-0.2, -0.15) is 0 Å². The zero-order chi connectivity index (χ0) is 16.5. The minimum atomic E-state index is 0. The van der Waals surface area contributed by atoms with Crippen LogP contribution in [0, 0.1) is 0 Å². The van der Waals surface area contributed by atoms with Crippen molar-refractivity contribution in [3.05, 3.63) is 29.8 Å². The van der Waals surface area contributed by atoms with E-state index < -0.39 is 0 Å². The molecule has 0 bridgehead atoms. The van der Waals surface area contributed by atoms with Gasteiger partial charge in [0.25, 0.3) is 0 Å². The van der Waals surface area contributed by atoms with E-state index in [0.29, 0.717) is 12.5 Å².